The number of unbranched alkanes of at least 4 members (excludes halogenated alkanes) is 1. The Morgan fingerprint density at radius 2 is 1.39 bits per heavy atom. The SMILES string of the molecule is C[C@H](N)CC(=O)[C@@H](C)CC(=O)N[C@@H](CCCCNC(=O)OCc1ccccc1)C(=O)OCc1ccccc1. The molecule has 206 valence electrons. The Hall–Kier alpha value is -3.72. The number of hydrogen-bond acceptors (Lipinski definition) is 7. The highest BCUT2D eigenvalue weighted by molar-refractivity contribution is 5.89. The van der Waals surface area contributed by atoms with Gasteiger partial charge in [0.05, 0.1) is 0 Å². The van der Waals surface area contributed by atoms with Crippen molar-refractivity contribution in [2.45, 2.75) is 71.2 Å². The molecule has 2 rings (SSSR count). The van der Waals surface area contributed by atoms with Crippen LogP contribution in [0.2, 0.25) is 0 Å². The normalized spacial score (nSPS) is 13.0. The van der Waals surface area contributed by atoms with E-state index in [4.69, 9.17) is 15.2 Å². The van der Waals surface area contributed by atoms with Crippen LogP contribution in [0.25, 0.3) is 0 Å². The summed E-state index contributed by atoms with van der Waals surface area (Å²) in [5.74, 6) is -1.55. The minimum atomic E-state index is -0.869. The molecule has 0 unspecified atom stereocenters. The second-order valence-corrected chi connectivity index (χ2v) is 9.45. The van der Waals surface area contributed by atoms with Gasteiger partial charge >= 0.3 is 12.1 Å². The molecule has 0 aliphatic carbocycles. The molecule has 0 saturated heterocycles. The summed E-state index contributed by atoms with van der Waals surface area (Å²) in [6, 6.07) is 17.5. The Balaban J connectivity index is 1.81. The molecule has 2 amide bonds. The Bertz CT molecular complexity index is 1010. The molecule has 0 saturated carbocycles. The van der Waals surface area contributed by atoms with Crippen molar-refractivity contribution in [2.75, 3.05) is 6.54 Å². The van der Waals surface area contributed by atoms with Gasteiger partial charge in [-0.1, -0.05) is 67.6 Å². The van der Waals surface area contributed by atoms with Crippen LogP contribution in [0.4, 0.5) is 4.79 Å². The van der Waals surface area contributed by atoms with Crippen molar-refractivity contribution in [3.05, 3.63) is 71.8 Å². The number of esters is 1. The average Bonchev–Trinajstić information content (AvgIpc) is 2.90. The number of ketones is 1. The molecule has 4 N–H and O–H groups in total. The molecule has 0 aromatic heterocycles. The molecule has 2 aromatic carbocycles. The highest BCUT2D eigenvalue weighted by Gasteiger charge is 2.25. The second kappa shape index (κ2) is 16.9. The zero-order valence-corrected chi connectivity index (χ0v) is 22.2. The lowest BCUT2D eigenvalue weighted by atomic mass is 9.97. The van der Waals surface area contributed by atoms with E-state index in [-0.39, 0.29) is 37.9 Å². The first-order valence-corrected chi connectivity index (χ1v) is 13.0. The summed E-state index contributed by atoms with van der Waals surface area (Å²) < 4.78 is 10.6. The van der Waals surface area contributed by atoms with Gasteiger partial charge in [0.15, 0.2) is 0 Å². The van der Waals surface area contributed by atoms with Gasteiger partial charge in [-0.3, -0.25) is 9.59 Å². The highest BCUT2D eigenvalue weighted by Crippen LogP contribution is 2.11. The first kappa shape index (κ1) is 30.5. The minimum absolute atomic E-state index is 0.0389. The zero-order valence-electron chi connectivity index (χ0n) is 22.2. The average molecular weight is 526 g/mol. The molecule has 0 aliphatic heterocycles. The van der Waals surface area contributed by atoms with Crippen molar-refractivity contribution in [3.8, 4) is 0 Å². The topological polar surface area (TPSA) is 137 Å². The van der Waals surface area contributed by atoms with Crippen LogP contribution in [0.3, 0.4) is 0 Å². The third kappa shape index (κ3) is 12.5. The van der Waals surface area contributed by atoms with Crippen molar-refractivity contribution < 1.29 is 28.7 Å². The summed E-state index contributed by atoms with van der Waals surface area (Å²) >= 11 is 0. The number of Topliss-reactive ketones (excluding diaryl/α,β-unsaturated/α-hetero) is 1. The van der Waals surface area contributed by atoms with Crippen LogP contribution in [0.15, 0.2) is 60.7 Å². The second-order valence-electron chi connectivity index (χ2n) is 9.45. The molecule has 38 heavy (non-hydrogen) atoms. The van der Waals surface area contributed by atoms with Gasteiger partial charge in [0.2, 0.25) is 5.91 Å². The van der Waals surface area contributed by atoms with E-state index >= 15 is 0 Å². The molecular formula is C29H39N3O6. The molecule has 3 atom stereocenters. The first-order chi connectivity index (χ1) is 18.2. The monoisotopic (exact) mass is 525 g/mol. The van der Waals surface area contributed by atoms with Crippen LogP contribution in [0.5, 0.6) is 0 Å². The van der Waals surface area contributed by atoms with Crippen molar-refractivity contribution in [2.24, 2.45) is 11.7 Å². The van der Waals surface area contributed by atoms with Gasteiger partial charge in [0.1, 0.15) is 25.0 Å². The lowest BCUT2D eigenvalue weighted by Crippen LogP contribution is -2.43. The Labute approximate surface area is 224 Å². The van der Waals surface area contributed by atoms with Gasteiger partial charge in [-0.25, -0.2) is 9.59 Å². The maximum absolute atomic E-state index is 12.8. The van der Waals surface area contributed by atoms with Crippen molar-refractivity contribution in [3.63, 3.8) is 0 Å². The van der Waals surface area contributed by atoms with Crippen LogP contribution in [0, 0.1) is 5.92 Å². The van der Waals surface area contributed by atoms with Gasteiger partial charge in [-0.15, -0.1) is 0 Å². The Morgan fingerprint density at radius 3 is 1.97 bits per heavy atom. The first-order valence-electron chi connectivity index (χ1n) is 13.0. The molecule has 0 bridgehead atoms. The summed E-state index contributed by atoms with van der Waals surface area (Å²) in [6.07, 6.45) is 1.07. The van der Waals surface area contributed by atoms with Gasteiger partial charge in [0.25, 0.3) is 0 Å². The lowest BCUT2D eigenvalue weighted by Gasteiger charge is -2.19. The molecule has 0 spiro atoms. The number of rotatable bonds is 16. The van der Waals surface area contributed by atoms with Crippen molar-refractivity contribution in [1.82, 2.24) is 10.6 Å². The van der Waals surface area contributed by atoms with Crippen LogP contribution < -0.4 is 16.4 Å². The standard InChI is InChI=1S/C29H39N3O6/c1-21(26(33)18-22(2)30)17-27(34)32-25(28(35)37-19-23-11-5-3-6-12-23)15-9-10-16-31-29(36)38-20-24-13-7-4-8-14-24/h3-8,11-14,21-22,25H,9-10,15-20,30H2,1-2H3,(H,31,36)(H,32,34)/t21-,22-,25-/m0/s1. The van der Waals surface area contributed by atoms with Gasteiger partial charge < -0.3 is 25.8 Å². The summed E-state index contributed by atoms with van der Waals surface area (Å²) in [5, 5.41) is 5.41. The smallest absolute Gasteiger partial charge is 0.407 e. The predicted molar refractivity (Wildman–Crippen MR) is 144 cm³/mol. The van der Waals surface area contributed by atoms with Crippen LogP contribution in [-0.4, -0.2) is 42.4 Å². The largest absolute Gasteiger partial charge is 0.459 e. The fourth-order valence-corrected chi connectivity index (χ4v) is 3.68. The summed E-state index contributed by atoms with van der Waals surface area (Å²) in [4.78, 5) is 49.5. The molecule has 9 nitrogen and oxygen atoms in total. The minimum Gasteiger partial charge on any atom is -0.459 e. The number of carbonyl (C=O) groups is 4. The van der Waals surface area contributed by atoms with Gasteiger partial charge in [-0.05, 0) is 37.3 Å². The van der Waals surface area contributed by atoms with E-state index in [9.17, 15) is 19.2 Å². The molecule has 0 fully saturated rings. The predicted octanol–water partition coefficient (Wildman–Crippen LogP) is 3.64. The number of benzene rings is 2. The summed E-state index contributed by atoms with van der Waals surface area (Å²) in [6.45, 7) is 4.04. The number of ether oxygens (including phenoxy) is 2. The summed E-state index contributed by atoms with van der Waals surface area (Å²) in [7, 11) is 0. The number of alkyl carbamates (subject to hydrolysis) is 1. The van der Waals surface area contributed by atoms with E-state index in [0.29, 0.717) is 25.8 Å². The maximum atomic E-state index is 12.8. The quantitative estimate of drug-likeness (QED) is 0.225. The number of amides is 2. The van der Waals surface area contributed by atoms with Gasteiger partial charge in [0, 0.05) is 31.3 Å². The Morgan fingerprint density at radius 1 is 0.816 bits per heavy atom. The number of hydrogen-bond donors (Lipinski definition) is 3. The lowest BCUT2D eigenvalue weighted by molar-refractivity contribution is -0.149. The van der Waals surface area contributed by atoms with Crippen LogP contribution in [-0.2, 0) is 37.1 Å². The molecule has 9 heteroatoms. The van der Waals surface area contributed by atoms with Gasteiger partial charge in [-0.2, -0.15) is 0 Å². The molecular weight excluding hydrogens is 486 g/mol. The Kier molecular flexibility index (Phi) is 13.6. The third-order valence-corrected chi connectivity index (χ3v) is 5.81. The number of nitrogens with one attached hydrogen (secondary N) is 2. The van der Waals surface area contributed by atoms with Crippen molar-refractivity contribution >= 4 is 23.8 Å². The van der Waals surface area contributed by atoms with E-state index in [1.165, 1.54) is 0 Å². The van der Waals surface area contributed by atoms with E-state index in [2.05, 4.69) is 10.6 Å². The summed E-state index contributed by atoms with van der Waals surface area (Å²) in [5.41, 5.74) is 7.41. The fraction of sp³-hybridized carbons (Fsp3) is 0.448. The third-order valence-electron chi connectivity index (χ3n) is 5.81. The number of nitrogens with two attached hydrogens (primary N) is 1. The molecule has 0 heterocycles. The van der Waals surface area contributed by atoms with Crippen molar-refractivity contribution in [1.29, 1.82) is 0 Å². The van der Waals surface area contributed by atoms with Crippen LogP contribution in [0.1, 0.15) is 57.1 Å². The van der Waals surface area contributed by atoms with E-state index in [1.807, 2.05) is 60.7 Å². The zero-order chi connectivity index (χ0) is 27.8. The molecule has 2 aromatic rings. The maximum Gasteiger partial charge on any atom is 0.407 e. The molecule has 0 aliphatic rings. The molecule has 0 radical (unpaired) electrons. The van der Waals surface area contributed by atoms with E-state index < -0.39 is 29.9 Å². The highest BCUT2D eigenvalue weighted by atomic mass is 16.5. The van der Waals surface area contributed by atoms with E-state index in [0.717, 1.165) is 11.1 Å². The van der Waals surface area contributed by atoms with Crippen LogP contribution >= 0.6 is 0 Å². The number of carbonyl (C=O) groups excluding carboxylic acids is 4. The van der Waals surface area contributed by atoms with E-state index in [1.54, 1.807) is 13.8 Å². The fourth-order valence-electron chi connectivity index (χ4n) is 3.68.